The normalized spacial score (nSPS) is 16.0. The number of para-hydroxylation sites is 1. The summed E-state index contributed by atoms with van der Waals surface area (Å²) in [6.45, 7) is 3.65. The molecule has 0 aliphatic carbocycles. The van der Waals surface area contributed by atoms with Crippen LogP contribution in [0.4, 0.5) is 4.79 Å². The van der Waals surface area contributed by atoms with Crippen molar-refractivity contribution in [3.05, 3.63) is 82.7 Å². The summed E-state index contributed by atoms with van der Waals surface area (Å²) < 4.78 is 6.99. The molecule has 0 saturated carbocycles. The molecule has 0 saturated heterocycles. The Hall–Kier alpha value is -3.58. The van der Waals surface area contributed by atoms with Crippen molar-refractivity contribution >= 4 is 23.6 Å². The highest BCUT2D eigenvalue weighted by atomic mass is 35.5. The topological polar surface area (TPSA) is 85.2 Å². The van der Waals surface area contributed by atoms with Crippen molar-refractivity contribution in [2.75, 3.05) is 6.61 Å². The molecule has 0 spiro atoms. The molecule has 0 radical (unpaired) electrons. The van der Waals surface area contributed by atoms with Gasteiger partial charge in [0.05, 0.1) is 29.6 Å². The van der Waals surface area contributed by atoms with E-state index in [9.17, 15) is 9.59 Å². The third-order valence-electron chi connectivity index (χ3n) is 4.96. The lowest BCUT2D eigenvalue weighted by Crippen LogP contribution is -2.45. The molecule has 0 fully saturated rings. The fraction of sp³-hybridized carbons (Fsp3) is 0.174. The van der Waals surface area contributed by atoms with E-state index in [0.29, 0.717) is 27.6 Å². The largest absolute Gasteiger partial charge is 0.463 e. The standard InChI is InChI=1S/C23H21ClN4O3/c1-3-31-22(29)19-14(2)25-23(30)26-21(19)18-13-28(17-7-5-4-6-8-17)27-20(18)15-9-11-16(24)12-10-15/h4-13,21H,3H2,1-2H3,(H2,25,26,30). The Balaban J connectivity index is 1.90. The van der Waals surface area contributed by atoms with Crippen LogP contribution in [0.5, 0.6) is 0 Å². The van der Waals surface area contributed by atoms with Crippen LogP contribution >= 0.6 is 11.6 Å². The molecule has 1 aliphatic rings. The number of esters is 1. The van der Waals surface area contributed by atoms with Crippen molar-refractivity contribution in [1.29, 1.82) is 0 Å². The molecule has 7 nitrogen and oxygen atoms in total. The molecule has 1 aliphatic heterocycles. The Labute approximate surface area is 184 Å². The Bertz CT molecular complexity index is 1150. The van der Waals surface area contributed by atoms with Crippen molar-refractivity contribution in [1.82, 2.24) is 20.4 Å². The van der Waals surface area contributed by atoms with E-state index >= 15 is 0 Å². The number of carbonyl (C=O) groups is 2. The zero-order valence-corrected chi connectivity index (χ0v) is 17.8. The predicted octanol–water partition coefficient (Wildman–Crippen LogP) is 4.38. The van der Waals surface area contributed by atoms with Crippen LogP contribution in [0.15, 0.2) is 72.1 Å². The number of nitrogens with one attached hydrogen (secondary N) is 2. The molecular formula is C23H21ClN4O3. The van der Waals surface area contributed by atoms with Gasteiger partial charge in [-0.25, -0.2) is 14.3 Å². The van der Waals surface area contributed by atoms with E-state index in [1.54, 1.807) is 30.7 Å². The van der Waals surface area contributed by atoms with Gasteiger partial charge in [-0.05, 0) is 38.1 Å². The summed E-state index contributed by atoms with van der Waals surface area (Å²) >= 11 is 6.07. The molecular weight excluding hydrogens is 416 g/mol. The zero-order chi connectivity index (χ0) is 22.0. The summed E-state index contributed by atoms with van der Waals surface area (Å²) in [5, 5.41) is 10.9. The van der Waals surface area contributed by atoms with Crippen LogP contribution in [-0.2, 0) is 9.53 Å². The lowest BCUT2D eigenvalue weighted by Gasteiger charge is -2.27. The summed E-state index contributed by atoms with van der Waals surface area (Å²) in [4.78, 5) is 25.1. The highest BCUT2D eigenvalue weighted by molar-refractivity contribution is 6.30. The minimum Gasteiger partial charge on any atom is -0.463 e. The summed E-state index contributed by atoms with van der Waals surface area (Å²) in [7, 11) is 0. The lowest BCUT2D eigenvalue weighted by atomic mass is 9.94. The maximum Gasteiger partial charge on any atom is 0.338 e. The first kappa shape index (κ1) is 20.7. The molecule has 2 amide bonds. The van der Waals surface area contributed by atoms with Crippen LogP contribution in [-0.4, -0.2) is 28.4 Å². The summed E-state index contributed by atoms with van der Waals surface area (Å²) in [6.07, 6.45) is 1.82. The van der Waals surface area contributed by atoms with Crippen LogP contribution in [0.3, 0.4) is 0 Å². The van der Waals surface area contributed by atoms with Crippen molar-refractivity contribution in [3.63, 3.8) is 0 Å². The smallest absolute Gasteiger partial charge is 0.338 e. The molecule has 4 rings (SSSR count). The fourth-order valence-corrected chi connectivity index (χ4v) is 3.68. The first-order valence-corrected chi connectivity index (χ1v) is 10.2. The van der Waals surface area contributed by atoms with Gasteiger partial charge in [-0.1, -0.05) is 41.9 Å². The number of rotatable bonds is 5. The molecule has 2 heterocycles. The van der Waals surface area contributed by atoms with Crippen molar-refractivity contribution in [3.8, 4) is 16.9 Å². The second kappa shape index (κ2) is 8.65. The van der Waals surface area contributed by atoms with E-state index in [-0.39, 0.29) is 6.61 Å². The Kier molecular flexibility index (Phi) is 5.77. The second-order valence-electron chi connectivity index (χ2n) is 7.01. The van der Waals surface area contributed by atoms with Gasteiger partial charge in [0.15, 0.2) is 0 Å². The van der Waals surface area contributed by atoms with Crippen LogP contribution in [0.25, 0.3) is 16.9 Å². The van der Waals surface area contributed by atoms with Gasteiger partial charge >= 0.3 is 12.0 Å². The third-order valence-corrected chi connectivity index (χ3v) is 5.21. The molecule has 1 atom stereocenters. The molecule has 2 N–H and O–H groups in total. The third kappa shape index (κ3) is 4.18. The highest BCUT2D eigenvalue weighted by Crippen LogP contribution is 2.35. The molecule has 1 unspecified atom stereocenters. The zero-order valence-electron chi connectivity index (χ0n) is 17.1. The maximum atomic E-state index is 12.8. The number of nitrogens with zero attached hydrogens (tertiary/aromatic N) is 2. The average molecular weight is 437 g/mol. The molecule has 8 heteroatoms. The minimum absolute atomic E-state index is 0.226. The first-order chi connectivity index (χ1) is 15.0. The SMILES string of the molecule is CCOC(=O)C1=C(C)NC(=O)NC1c1cn(-c2ccccc2)nc1-c1ccc(Cl)cc1. The lowest BCUT2D eigenvalue weighted by molar-refractivity contribution is -0.139. The minimum atomic E-state index is -0.726. The fourth-order valence-electron chi connectivity index (χ4n) is 3.55. The Morgan fingerprint density at radius 1 is 1.16 bits per heavy atom. The first-order valence-electron chi connectivity index (χ1n) is 9.84. The van der Waals surface area contributed by atoms with E-state index in [4.69, 9.17) is 21.4 Å². The van der Waals surface area contributed by atoms with Crippen LogP contribution in [0.1, 0.15) is 25.5 Å². The van der Waals surface area contributed by atoms with E-state index in [0.717, 1.165) is 11.3 Å². The van der Waals surface area contributed by atoms with Crippen molar-refractivity contribution < 1.29 is 14.3 Å². The second-order valence-corrected chi connectivity index (χ2v) is 7.45. The molecule has 1 aromatic heterocycles. The average Bonchev–Trinajstić information content (AvgIpc) is 3.20. The summed E-state index contributed by atoms with van der Waals surface area (Å²) in [5.74, 6) is -0.494. The van der Waals surface area contributed by atoms with Gasteiger partial charge in [0.1, 0.15) is 0 Å². The summed E-state index contributed by atoms with van der Waals surface area (Å²) in [6, 6.07) is 15.7. The van der Waals surface area contributed by atoms with Gasteiger partial charge in [-0.2, -0.15) is 5.10 Å². The predicted molar refractivity (Wildman–Crippen MR) is 118 cm³/mol. The van der Waals surface area contributed by atoms with Crippen LogP contribution in [0.2, 0.25) is 5.02 Å². The number of hydrogen-bond acceptors (Lipinski definition) is 4. The molecule has 158 valence electrons. The number of aromatic nitrogens is 2. The molecule has 0 bridgehead atoms. The van der Waals surface area contributed by atoms with E-state index in [1.807, 2.05) is 48.7 Å². The van der Waals surface area contributed by atoms with Crippen molar-refractivity contribution in [2.45, 2.75) is 19.9 Å². The van der Waals surface area contributed by atoms with Crippen LogP contribution < -0.4 is 10.6 Å². The van der Waals surface area contributed by atoms with Gasteiger partial charge in [0, 0.05) is 28.0 Å². The monoisotopic (exact) mass is 436 g/mol. The maximum absolute atomic E-state index is 12.8. The quantitative estimate of drug-likeness (QED) is 0.581. The molecule has 3 aromatic rings. The van der Waals surface area contributed by atoms with E-state index < -0.39 is 18.0 Å². The Morgan fingerprint density at radius 3 is 2.55 bits per heavy atom. The van der Waals surface area contributed by atoms with Gasteiger partial charge in [-0.3, -0.25) is 0 Å². The van der Waals surface area contributed by atoms with Gasteiger partial charge < -0.3 is 15.4 Å². The van der Waals surface area contributed by atoms with E-state index in [1.165, 1.54) is 0 Å². The van der Waals surface area contributed by atoms with Crippen LogP contribution in [0, 0.1) is 0 Å². The van der Waals surface area contributed by atoms with E-state index in [2.05, 4.69) is 10.6 Å². The highest BCUT2D eigenvalue weighted by Gasteiger charge is 2.35. The van der Waals surface area contributed by atoms with Gasteiger partial charge in [0.2, 0.25) is 0 Å². The number of hydrogen-bond donors (Lipinski definition) is 2. The number of carbonyl (C=O) groups excluding carboxylic acids is 2. The Morgan fingerprint density at radius 2 is 1.87 bits per heavy atom. The number of benzene rings is 2. The number of amides is 2. The molecule has 31 heavy (non-hydrogen) atoms. The van der Waals surface area contributed by atoms with Gasteiger partial charge in [-0.15, -0.1) is 0 Å². The van der Waals surface area contributed by atoms with Gasteiger partial charge in [0.25, 0.3) is 0 Å². The van der Waals surface area contributed by atoms with Crippen molar-refractivity contribution in [2.24, 2.45) is 0 Å². The number of halogens is 1. The number of allylic oxidation sites excluding steroid dienone is 1. The number of ether oxygens (including phenoxy) is 1. The summed E-state index contributed by atoms with van der Waals surface area (Å²) in [5.41, 5.74) is 3.74. The number of urea groups is 1. The molecule has 2 aromatic carbocycles.